The van der Waals surface area contributed by atoms with Crippen molar-refractivity contribution in [2.24, 2.45) is 0 Å². The monoisotopic (exact) mass is 314 g/mol. The Morgan fingerprint density at radius 3 is 2.17 bits per heavy atom. The minimum Gasteiger partial charge on any atom is -0.493 e. The van der Waals surface area contributed by atoms with E-state index in [1.165, 1.54) is 7.11 Å². The summed E-state index contributed by atoms with van der Waals surface area (Å²) in [6, 6.07) is 13.4. The standard InChI is InChI=1S/C17H18N2O4/c1-3-23-14-10-9-13(11-15(14)22-2)17(21)19-18-16(20)12-7-5-4-6-8-12/h4-11H,3H2,1-2H3,(H,18,20)(H,19,21). The predicted molar refractivity (Wildman–Crippen MR) is 85.5 cm³/mol. The van der Waals surface area contributed by atoms with Gasteiger partial charge in [0.15, 0.2) is 11.5 Å². The summed E-state index contributed by atoms with van der Waals surface area (Å²) in [6.07, 6.45) is 0. The summed E-state index contributed by atoms with van der Waals surface area (Å²) in [4.78, 5) is 24.0. The van der Waals surface area contributed by atoms with Gasteiger partial charge in [0.05, 0.1) is 13.7 Å². The number of rotatable bonds is 5. The molecule has 6 heteroatoms. The van der Waals surface area contributed by atoms with Crippen LogP contribution in [0.2, 0.25) is 0 Å². The van der Waals surface area contributed by atoms with Crippen molar-refractivity contribution in [1.82, 2.24) is 10.9 Å². The first-order valence-corrected chi connectivity index (χ1v) is 7.12. The van der Waals surface area contributed by atoms with Crippen molar-refractivity contribution < 1.29 is 19.1 Å². The summed E-state index contributed by atoms with van der Waals surface area (Å²) in [7, 11) is 1.50. The quantitative estimate of drug-likeness (QED) is 0.829. The summed E-state index contributed by atoms with van der Waals surface area (Å²) in [5.41, 5.74) is 5.53. The lowest BCUT2D eigenvalue weighted by molar-refractivity contribution is 0.0846. The van der Waals surface area contributed by atoms with Gasteiger partial charge in [0.1, 0.15) is 0 Å². The molecule has 0 bridgehead atoms. The van der Waals surface area contributed by atoms with Gasteiger partial charge in [-0.3, -0.25) is 20.4 Å². The zero-order valence-electron chi connectivity index (χ0n) is 13.0. The minimum atomic E-state index is -0.448. The van der Waals surface area contributed by atoms with Crippen LogP contribution in [0.4, 0.5) is 0 Å². The van der Waals surface area contributed by atoms with E-state index in [0.717, 1.165) is 0 Å². The molecule has 0 saturated heterocycles. The highest BCUT2D eigenvalue weighted by Crippen LogP contribution is 2.27. The number of carbonyl (C=O) groups is 2. The average molecular weight is 314 g/mol. The second kappa shape index (κ2) is 7.84. The molecule has 2 rings (SSSR count). The van der Waals surface area contributed by atoms with Crippen molar-refractivity contribution in [3.05, 3.63) is 59.7 Å². The van der Waals surface area contributed by atoms with Gasteiger partial charge < -0.3 is 9.47 Å². The van der Waals surface area contributed by atoms with Gasteiger partial charge in [0.25, 0.3) is 11.8 Å². The molecule has 0 atom stereocenters. The van der Waals surface area contributed by atoms with E-state index in [4.69, 9.17) is 9.47 Å². The van der Waals surface area contributed by atoms with Gasteiger partial charge in [0.2, 0.25) is 0 Å². The SMILES string of the molecule is CCOc1ccc(C(=O)NNC(=O)c2ccccc2)cc1OC. The minimum absolute atomic E-state index is 0.346. The Bertz CT molecular complexity index is 686. The summed E-state index contributed by atoms with van der Waals surface area (Å²) in [5.74, 6) is 0.168. The third-order valence-corrected chi connectivity index (χ3v) is 3.05. The third kappa shape index (κ3) is 4.23. The average Bonchev–Trinajstić information content (AvgIpc) is 2.60. The number of hydrazine groups is 1. The fourth-order valence-corrected chi connectivity index (χ4v) is 1.93. The second-order valence-electron chi connectivity index (χ2n) is 4.57. The second-order valence-corrected chi connectivity index (χ2v) is 4.57. The van der Waals surface area contributed by atoms with Gasteiger partial charge in [-0.2, -0.15) is 0 Å². The Hall–Kier alpha value is -3.02. The Morgan fingerprint density at radius 1 is 0.913 bits per heavy atom. The van der Waals surface area contributed by atoms with Crippen LogP contribution < -0.4 is 20.3 Å². The molecular formula is C17H18N2O4. The van der Waals surface area contributed by atoms with Gasteiger partial charge in [-0.15, -0.1) is 0 Å². The van der Waals surface area contributed by atoms with E-state index < -0.39 is 11.8 Å². The first kappa shape index (κ1) is 16.4. The van der Waals surface area contributed by atoms with Crippen molar-refractivity contribution in [3.63, 3.8) is 0 Å². The van der Waals surface area contributed by atoms with E-state index in [1.54, 1.807) is 42.5 Å². The van der Waals surface area contributed by atoms with Crippen LogP contribution >= 0.6 is 0 Å². The Labute approximate surface area is 134 Å². The van der Waals surface area contributed by atoms with Crippen molar-refractivity contribution >= 4 is 11.8 Å². The van der Waals surface area contributed by atoms with Crippen molar-refractivity contribution in [2.75, 3.05) is 13.7 Å². The maximum atomic E-state index is 12.1. The number of hydrogen-bond acceptors (Lipinski definition) is 4. The number of benzene rings is 2. The highest BCUT2D eigenvalue weighted by atomic mass is 16.5. The van der Waals surface area contributed by atoms with Crippen LogP contribution in [0.3, 0.4) is 0 Å². The fraction of sp³-hybridized carbons (Fsp3) is 0.176. The smallest absolute Gasteiger partial charge is 0.269 e. The molecule has 0 spiro atoms. The summed E-state index contributed by atoms with van der Waals surface area (Å²) >= 11 is 0. The van der Waals surface area contributed by atoms with E-state index in [2.05, 4.69) is 10.9 Å². The molecule has 0 aliphatic rings. The Morgan fingerprint density at radius 2 is 1.57 bits per heavy atom. The van der Waals surface area contributed by atoms with Gasteiger partial charge in [-0.25, -0.2) is 0 Å². The lowest BCUT2D eigenvalue weighted by Gasteiger charge is -2.11. The normalized spacial score (nSPS) is 9.83. The number of ether oxygens (including phenoxy) is 2. The van der Waals surface area contributed by atoms with Gasteiger partial charge in [0, 0.05) is 11.1 Å². The molecule has 0 aliphatic heterocycles. The molecule has 0 saturated carbocycles. The van der Waals surface area contributed by atoms with Gasteiger partial charge in [-0.1, -0.05) is 18.2 Å². The van der Waals surface area contributed by atoms with Crippen LogP contribution in [0.5, 0.6) is 11.5 Å². The molecule has 0 radical (unpaired) electrons. The number of nitrogens with one attached hydrogen (secondary N) is 2. The van der Waals surface area contributed by atoms with E-state index in [0.29, 0.717) is 29.2 Å². The zero-order chi connectivity index (χ0) is 16.7. The highest BCUT2D eigenvalue weighted by Gasteiger charge is 2.12. The lowest BCUT2D eigenvalue weighted by Crippen LogP contribution is -2.41. The molecule has 6 nitrogen and oxygen atoms in total. The fourth-order valence-electron chi connectivity index (χ4n) is 1.93. The maximum Gasteiger partial charge on any atom is 0.269 e. The molecule has 2 N–H and O–H groups in total. The van der Waals surface area contributed by atoms with E-state index in [-0.39, 0.29) is 0 Å². The molecule has 2 amide bonds. The number of carbonyl (C=O) groups excluding carboxylic acids is 2. The van der Waals surface area contributed by atoms with E-state index >= 15 is 0 Å². The Kier molecular flexibility index (Phi) is 5.57. The summed E-state index contributed by atoms with van der Waals surface area (Å²) < 4.78 is 10.6. The number of hydrogen-bond donors (Lipinski definition) is 2. The molecule has 0 unspecified atom stereocenters. The van der Waals surface area contributed by atoms with Crippen LogP contribution in [-0.2, 0) is 0 Å². The van der Waals surface area contributed by atoms with Crippen LogP contribution in [-0.4, -0.2) is 25.5 Å². The molecule has 120 valence electrons. The highest BCUT2D eigenvalue weighted by molar-refractivity contribution is 5.99. The first-order valence-electron chi connectivity index (χ1n) is 7.12. The van der Waals surface area contributed by atoms with Crippen molar-refractivity contribution in [3.8, 4) is 11.5 Å². The maximum absolute atomic E-state index is 12.1. The molecule has 0 aromatic heterocycles. The number of amides is 2. The molecule has 0 heterocycles. The van der Waals surface area contributed by atoms with Crippen molar-refractivity contribution in [2.45, 2.75) is 6.92 Å². The van der Waals surface area contributed by atoms with Crippen molar-refractivity contribution in [1.29, 1.82) is 0 Å². The molecule has 0 fully saturated rings. The molecular weight excluding hydrogens is 296 g/mol. The van der Waals surface area contributed by atoms with Crippen LogP contribution in [0.25, 0.3) is 0 Å². The molecule has 2 aromatic carbocycles. The molecule has 23 heavy (non-hydrogen) atoms. The summed E-state index contributed by atoms with van der Waals surface area (Å²) in [5, 5.41) is 0. The van der Waals surface area contributed by atoms with Gasteiger partial charge >= 0.3 is 0 Å². The topological polar surface area (TPSA) is 76.7 Å². The lowest BCUT2D eigenvalue weighted by atomic mass is 10.2. The largest absolute Gasteiger partial charge is 0.493 e. The first-order chi connectivity index (χ1) is 11.2. The van der Waals surface area contributed by atoms with E-state index in [9.17, 15) is 9.59 Å². The van der Waals surface area contributed by atoms with Crippen LogP contribution in [0.1, 0.15) is 27.6 Å². The molecule has 2 aromatic rings. The predicted octanol–water partition coefficient (Wildman–Crippen LogP) is 2.17. The van der Waals surface area contributed by atoms with E-state index in [1.807, 2.05) is 13.0 Å². The Balaban J connectivity index is 2.02. The zero-order valence-corrected chi connectivity index (χ0v) is 13.0. The number of methoxy groups -OCH3 is 1. The third-order valence-electron chi connectivity index (χ3n) is 3.05. The van der Waals surface area contributed by atoms with Crippen LogP contribution in [0, 0.1) is 0 Å². The summed E-state index contributed by atoms with van der Waals surface area (Å²) in [6.45, 7) is 2.36. The molecule has 0 aliphatic carbocycles. The van der Waals surface area contributed by atoms with Crippen LogP contribution in [0.15, 0.2) is 48.5 Å². The van der Waals surface area contributed by atoms with Gasteiger partial charge in [-0.05, 0) is 37.3 Å².